The van der Waals surface area contributed by atoms with E-state index in [1.807, 2.05) is 0 Å². The summed E-state index contributed by atoms with van der Waals surface area (Å²) >= 11 is 0. The minimum Gasteiger partial charge on any atom is -0.496 e. The Bertz CT molecular complexity index is 510. The van der Waals surface area contributed by atoms with E-state index in [-0.39, 0.29) is 17.1 Å². The van der Waals surface area contributed by atoms with Crippen molar-refractivity contribution in [2.24, 2.45) is 0 Å². The molecule has 1 saturated carbocycles. The fourth-order valence-corrected chi connectivity index (χ4v) is 2.19. The minimum absolute atomic E-state index is 0.00297. The molecule has 1 aliphatic rings. The van der Waals surface area contributed by atoms with Gasteiger partial charge in [0.2, 0.25) is 0 Å². The number of hydrogen-bond donors (Lipinski definition) is 1. The highest BCUT2D eigenvalue weighted by atomic mass is 19.3. The lowest BCUT2D eigenvalue weighted by molar-refractivity contribution is -0.140. The third-order valence-electron chi connectivity index (χ3n) is 3.46. The third kappa shape index (κ3) is 2.11. The van der Waals surface area contributed by atoms with Crippen LogP contribution in [0.25, 0.3) is 0 Å². The molecule has 0 radical (unpaired) electrons. The number of benzene rings is 1. The van der Waals surface area contributed by atoms with E-state index >= 15 is 0 Å². The van der Waals surface area contributed by atoms with Gasteiger partial charge in [-0.25, -0.2) is 8.78 Å². The van der Waals surface area contributed by atoms with Gasteiger partial charge in [0.15, 0.2) is 0 Å². The second-order valence-corrected chi connectivity index (χ2v) is 4.48. The Labute approximate surface area is 108 Å². The minimum atomic E-state index is -2.73. The number of carboxylic acids is 1. The smallest absolute Gasteiger partial charge is 0.314 e. The van der Waals surface area contributed by atoms with Crippen molar-refractivity contribution in [1.29, 1.82) is 0 Å². The van der Waals surface area contributed by atoms with Crippen molar-refractivity contribution < 1.29 is 28.2 Å². The first-order valence-corrected chi connectivity index (χ1v) is 5.74. The van der Waals surface area contributed by atoms with Crippen molar-refractivity contribution in [2.45, 2.75) is 24.7 Å². The van der Waals surface area contributed by atoms with Gasteiger partial charge >= 0.3 is 5.97 Å². The number of halogens is 2. The number of rotatable bonds is 5. The second-order valence-electron chi connectivity index (χ2n) is 4.48. The van der Waals surface area contributed by atoms with E-state index in [1.54, 1.807) is 0 Å². The number of carbonyl (C=O) groups is 1. The highest BCUT2D eigenvalue weighted by Gasteiger charge is 2.53. The van der Waals surface area contributed by atoms with Gasteiger partial charge in [-0.05, 0) is 18.9 Å². The number of carboxylic acid groups (broad SMARTS) is 1. The zero-order valence-electron chi connectivity index (χ0n) is 10.6. The lowest BCUT2D eigenvalue weighted by Crippen LogP contribution is -2.20. The molecule has 0 aliphatic heterocycles. The number of aliphatic carboxylic acids is 1. The molecule has 6 heteroatoms. The first-order valence-electron chi connectivity index (χ1n) is 5.74. The van der Waals surface area contributed by atoms with Crippen LogP contribution in [0.5, 0.6) is 11.5 Å². The van der Waals surface area contributed by atoms with E-state index in [0.717, 1.165) is 0 Å². The maximum atomic E-state index is 13.0. The normalized spacial score (nSPS) is 16.3. The Morgan fingerprint density at radius 3 is 2.21 bits per heavy atom. The molecule has 1 N–H and O–H groups in total. The average molecular weight is 272 g/mol. The molecule has 0 aromatic heterocycles. The van der Waals surface area contributed by atoms with E-state index in [9.17, 15) is 18.7 Å². The lowest BCUT2D eigenvalue weighted by atomic mass is 9.93. The summed E-state index contributed by atoms with van der Waals surface area (Å²) in [6.07, 6.45) is -1.88. The van der Waals surface area contributed by atoms with Crippen LogP contribution in [0.1, 0.15) is 30.4 Å². The highest BCUT2D eigenvalue weighted by Crippen LogP contribution is 2.53. The Balaban J connectivity index is 2.60. The summed E-state index contributed by atoms with van der Waals surface area (Å²) in [5.41, 5.74) is -1.12. The Hall–Kier alpha value is -1.85. The van der Waals surface area contributed by atoms with Crippen molar-refractivity contribution >= 4 is 5.97 Å². The van der Waals surface area contributed by atoms with Crippen LogP contribution in [0, 0.1) is 0 Å². The van der Waals surface area contributed by atoms with Crippen molar-refractivity contribution in [3.05, 3.63) is 23.3 Å². The van der Waals surface area contributed by atoms with Crippen molar-refractivity contribution in [2.75, 3.05) is 14.2 Å². The summed E-state index contributed by atoms with van der Waals surface area (Å²) in [4.78, 5) is 11.3. The molecular formula is C13H14F2O4. The summed E-state index contributed by atoms with van der Waals surface area (Å²) in [7, 11) is 2.66. The molecule has 1 fully saturated rings. The maximum Gasteiger partial charge on any atom is 0.314 e. The summed E-state index contributed by atoms with van der Waals surface area (Å²) in [6, 6.07) is 2.50. The number of methoxy groups -OCH3 is 2. The molecule has 0 spiro atoms. The topological polar surface area (TPSA) is 55.8 Å². The summed E-state index contributed by atoms with van der Waals surface area (Å²) < 4.78 is 35.9. The first kappa shape index (κ1) is 13.6. The van der Waals surface area contributed by atoms with Crippen LogP contribution in [0.3, 0.4) is 0 Å². The van der Waals surface area contributed by atoms with Gasteiger partial charge in [0.25, 0.3) is 6.43 Å². The molecule has 19 heavy (non-hydrogen) atoms. The maximum absolute atomic E-state index is 13.0. The van der Waals surface area contributed by atoms with Crippen molar-refractivity contribution in [1.82, 2.24) is 0 Å². The van der Waals surface area contributed by atoms with Crippen molar-refractivity contribution in [3.8, 4) is 11.5 Å². The van der Waals surface area contributed by atoms with Crippen molar-refractivity contribution in [3.63, 3.8) is 0 Å². The zero-order valence-corrected chi connectivity index (χ0v) is 10.6. The summed E-state index contributed by atoms with van der Waals surface area (Å²) in [6.45, 7) is 0. The molecule has 4 nitrogen and oxygen atoms in total. The quantitative estimate of drug-likeness (QED) is 0.895. The largest absolute Gasteiger partial charge is 0.496 e. The SMILES string of the molecule is COc1cc(OC)c(C2(C(=O)O)CC2)cc1C(F)F. The van der Waals surface area contributed by atoms with E-state index in [2.05, 4.69) is 0 Å². The Morgan fingerprint density at radius 1 is 1.26 bits per heavy atom. The first-order chi connectivity index (χ1) is 8.96. The molecular weight excluding hydrogens is 258 g/mol. The average Bonchev–Trinajstić information content (AvgIpc) is 3.18. The van der Waals surface area contributed by atoms with E-state index in [4.69, 9.17) is 9.47 Å². The predicted molar refractivity (Wildman–Crippen MR) is 63.1 cm³/mol. The van der Waals surface area contributed by atoms with Gasteiger partial charge in [-0.15, -0.1) is 0 Å². The van der Waals surface area contributed by atoms with Gasteiger partial charge < -0.3 is 14.6 Å². The van der Waals surface area contributed by atoms with Crippen LogP contribution >= 0.6 is 0 Å². The van der Waals surface area contributed by atoms with Crippen LogP contribution in [-0.2, 0) is 10.2 Å². The third-order valence-corrected chi connectivity index (χ3v) is 3.46. The molecule has 1 aromatic carbocycles. The molecule has 0 saturated heterocycles. The molecule has 104 valence electrons. The zero-order chi connectivity index (χ0) is 14.2. The van der Waals surface area contributed by atoms with Crippen LogP contribution < -0.4 is 9.47 Å². The van der Waals surface area contributed by atoms with Gasteiger partial charge in [0.1, 0.15) is 11.5 Å². The molecule has 1 aliphatic carbocycles. The fourth-order valence-electron chi connectivity index (χ4n) is 2.19. The summed E-state index contributed by atoms with van der Waals surface area (Å²) in [5, 5.41) is 9.26. The lowest BCUT2D eigenvalue weighted by Gasteiger charge is -2.18. The van der Waals surface area contributed by atoms with E-state index in [1.165, 1.54) is 26.4 Å². The molecule has 2 rings (SSSR count). The molecule has 0 bridgehead atoms. The number of alkyl halides is 2. The van der Waals surface area contributed by atoms with Gasteiger partial charge in [-0.1, -0.05) is 0 Å². The summed E-state index contributed by atoms with van der Waals surface area (Å²) in [5.74, 6) is -0.755. The van der Waals surface area contributed by atoms with Crippen LogP contribution in [-0.4, -0.2) is 25.3 Å². The van der Waals surface area contributed by atoms with Gasteiger partial charge in [-0.2, -0.15) is 0 Å². The molecule has 0 amide bonds. The van der Waals surface area contributed by atoms with Crippen LogP contribution in [0.15, 0.2) is 12.1 Å². The second kappa shape index (κ2) is 4.68. The molecule has 0 heterocycles. The highest BCUT2D eigenvalue weighted by molar-refractivity contribution is 5.86. The van der Waals surface area contributed by atoms with Gasteiger partial charge in [0, 0.05) is 11.6 Å². The van der Waals surface area contributed by atoms with Gasteiger partial charge in [-0.3, -0.25) is 4.79 Å². The number of hydrogen-bond acceptors (Lipinski definition) is 3. The Morgan fingerprint density at radius 2 is 1.84 bits per heavy atom. The standard InChI is InChI=1S/C13H14F2O4/c1-18-9-6-10(19-2)8(5-7(9)11(14)15)13(3-4-13)12(16)17/h5-6,11H,3-4H2,1-2H3,(H,16,17). The van der Waals surface area contributed by atoms with Crippen LogP contribution in [0.4, 0.5) is 8.78 Å². The van der Waals surface area contributed by atoms with E-state index in [0.29, 0.717) is 18.4 Å². The fraction of sp³-hybridized carbons (Fsp3) is 0.462. The molecule has 1 aromatic rings. The molecule has 0 unspecified atom stereocenters. The van der Waals surface area contributed by atoms with E-state index < -0.39 is 17.8 Å². The van der Waals surface area contributed by atoms with Gasteiger partial charge in [0.05, 0.1) is 25.2 Å². The Kier molecular flexibility index (Phi) is 3.34. The predicted octanol–water partition coefficient (Wildman–Crippen LogP) is 2.76. The number of ether oxygens (including phenoxy) is 2. The molecule has 0 atom stereocenters. The monoisotopic (exact) mass is 272 g/mol. The van der Waals surface area contributed by atoms with Crippen LogP contribution in [0.2, 0.25) is 0 Å².